The molecule has 1 amide bonds. The first kappa shape index (κ1) is 12.5. The number of piperidine rings is 1. The first-order valence-electron chi connectivity index (χ1n) is 5.98. The number of carboxylic acid groups (broad SMARTS) is 1. The molecule has 1 fully saturated rings. The molecule has 0 bridgehead atoms. The minimum absolute atomic E-state index is 0.215. The summed E-state index contributed by atoms with van der Waals surface area (Å²) in [6.45, 7) is 2.19. The standard InChI is InChI=1S/C11H16N4O3/c1-8(15-7-12-6-13-15)10(16)14-5-3-2-4-9(14)11(17)18/h6-9H,2-5H2,1H3,(H,17,18)/t8-,9-/m1/s1. The predicted octanol–water partition coefficient (Wildman–Crippen LogP) is 0.305. The highest BCUT2D eigenvalue weighted by Crippen LogP contribution is 2.20. The maximum absolute atomic E-state index is 12.3. The number of amides is 1. The molecule has 1 aliphatic heterocycles. The predicted molar refractivity (Wildman–Crippen MR) is 61.7 cm³/mol. The number of carbonyl (C=O) groups is 2. The van der Waals surface area contributed by atoms with Gasteiger partial charge in [0.05, 0.1) is 0 Å². The van der Waals surface area contributed by atoms with Crippen LogP contribution >= 0.6 is 0 Å². The summed E-state index contributed by atoms with van der Waals surface area (Å²) in [4.78, 5) is 28.7. The maximum Gasteiger partial charge on any atom is 0.326 e. The fraction of sp³-hybridized carbons (Fsp3) is 0.636. The second-order valence-electron chi connectivity index (χ2n) is 4.43. The summed E-state index contributed by atoms with van der Waals surface area (Å²) in [6, 6.07) is -1.23. The van der Waals surface area contributed by atoms with Gasteiger partial charge >= 0.3 is 5.97 Å². The average Bonchev–Trinajstić information content (AvgIpc) is 2.90. The van der Waals surface area contributed by atoms with E-state index in [9.17, 15) is 9.59 Å². The number of aromatic nitrogens is 3. The van der Waals surface area contributed by atoms with E-state index in [1.165, 1.54) is 22.2 Å². The molecule has 0 aromatic carbocycles. The molecule has 1 saturated heterocycles. The van der Waals surface area contributed by atoms with Gasteiger partial charge in [0.25, 0.3) is 0 Å². The van der Waals surface area contributed by atoms with Crippen LogP contribution in [0.1, 0.15) is 32.2 Å². The van der Waals surface area contributed by atoms with Crippen LogP contribution in [-0.2, 0) is 9.59 Å². The van der Waals surface area contributed by atoms with Crippen molar-refractivity contribution in [1.82, 2.24) is 19.7 Å². The van der Waals surface area contributed by atoms with Crippen LogP contribution in [0, 0.1) is 0 Å². The van der Waals surface area contributed by atoms with Crippen molar-refractivity contribution in [2.45, 2.75) is 38.3 Å². The number of aliphatic carboxylic acids is 1. The number of rotatable bonds is 3. The van der Waals surface area contributed by atoms with E-state index in [0.717, 1.165) is 12.8 Å². The Labute approximate surface area is 104 Å². The van der Waals surface area contributed by atoms with Crippen LogP contribution < -0.4 is 0 Å². The van der Waals surface area contributed by atoms with Gasteiger partial charge in [-0.2, -0.15) is 5.10 Å². The molecule has 0 spiro atoms. The van der Waals surface area contributed by atoms with E-state index >= 15 is 0 Å². The zero-order chi connectivity index (χ0) is 13.1. The van der Waals surface area contributed by atoms with Crippen molar-refractivity contribution in [2.75, 3.05) is 6.54 Å². The van der Waals surface area contributed by atoms with E-state index in [2.05, 4.69) is 10.1 Å². The summed E-state index contributed by atoms with van der Waals surface area (Å²) in [5.74, 6) is -1.15. The molecule has 1 aliphatic rings. The number of likely N-dealkylation sites (tertiary alicyclic amines) is 1. The summed E-state index contributed by atoms with van der Waals surface area (Å²) in [5, 5.41) is 13.1. The third-order valence-electron chi connectivity index (χ3n) is 3.26. The van der Waals surface area contributed by atoms with E-state index in [1.54, 1.807) is 6.92 Å². The van der Waals surface area contributed by atoms with Crippen LogP contribution in [0.15, 0.2) is 12.7 Å². The van der Waals surface area contributed by atoms with Gasteiger partial charge in [0, 0.05) is 6.54 Å². The highest BCUT2D eigenvalue weighted by Gasteiger charge is 2.34. The van der Waals surface area contributed by atoms with Crippen molar-refractivity contribution in [3.8, 4) is 0 Å². The van der Waals surface area contributed by atoms with E-state index in [-0.39, 0.29) is 5.91 Å². The first-order valence-corrected chi connectivity index (χ1v) is 5.98. The van der Waals surface area contributed by atoms with Crippen LogP contribution in [0.5, 0.6) is 0 Å². The van der Waals surface area contributed by atoms with Crippen molar-refractivity contribution < 1.29 is 14.7 Å². The summed E-state index contributed by atoms with van der Waals surface area (Å²) in [7, 11) is 0. The monoisotopic (exact) mass is 252 g/mol. The lowest BCUT2D eigenvalue weighted by atomic mass is 10.0. The maximum atomic E-state index is 12.3. The first-order chi connectivity index (χ1) is 8.61. The fourth-order valence-electron chi connectivity index (χ4n) is 2.22. The van der Waals surface area contributed by atoms with Crippen LogP contribution in [0.3, 0.4) is 0 Å². The summed E-state index contributed by atoms with van der Waals surface area (Å²) >= 11 is 0. The Bertz CT molecular complexity index is 432. The molecule has 2 rings (SSSR count). The molecule has 0 unspecified atom stereocenters. The van der Waals surface area contributed by atoms with Crippen molar-refractivity contribution >= 4 is 11.9 Å². The Morgan fingerprint density at radius 2 is 2.22 bits per heavy atom. The number of hydrogen-bond donors (Lipinski definition) is 1. The molecule has 0 saturated carbocycles. The van der Waals surface area contributed by atoms with Gasteiger partial charge in [-0.3, -0.25) is 4.79 Å². The second-order valence-corrected chi connectivity index (χ2v) is 4.43. The third-order valence-corrected chi connectivity index (χ3v) is 3.26. The Balaban J connectivity index is 2.13. The zero-order valence-electron chi connectivity index (χ0n) is 10.2. The molecule has 7 heteroatoms. The van der Waals surface area contributed by atoms with Crippen LogP contribution in [0.4, 0.5) is 0 Å². The van der Waals surface area contributed by atoms with Crippen LogP contribution in [0.25, 0.3) is 0 Å². The molecule has 7 nitrogen and oxygen atoms in total. The van der Waals surface area contributed by atoms with Gasteiger partial charge in [0.15, 0.2) is 0 Å². The van der Waals surface area contributed by atoms with Gasteiger partial charge in [-0.05, 0) is 26.2 Å². The molecular formula is C11H16N4O3. The fourth-order valence-corrected chi connectivity index (χ4v) is 2.22. The smallest absolute Gasteiger partial charge is 0.326 e. The highest BCUT2D eigenvalue weighted by atomic mass is 16.4. The highest BCUT2D eigenvalue weighted by molar-refractivity contribution is 5.86. The lowest BCUT2D eigenvalue weighted by molar-refractivity contribution is -0.153. The summed E-state index contributed by atoms with van der Waals surface area (Å²) in [5.41, 5.74) is 0. The Morgan fingerprint density at radius 1 is 1.44 bits per heavy atom. The number of carbonyl (C=O) groups excluding carboxylic acids is 1. The van der Waals surface area contributed by atoms with E-state index in [0.29, 0.717) is 13.0 Å². The van der Waals surface area contributed by atoms with Gasteiger partial charge in [-0.1, -0.05) is 0 Å². The summed E-state index contributed by atoms with van der Waals surface area (Å²) < 4.78 is 1.44. The molecule has 1 aromatic heterocycles. The van der Waals surface area contributed by atoms with Crippen molar-refractivity contribution in [3.63, 3.8) is 0 Å². The van der Waals surface area contributed by atoms with Gasteiger partial charge in [0.1, 0.15) is 24.7 Å². The molecule has 0 radical (unpaired) electrons. The lowest BCUT2D eigenvalue weighted by Gasteiger charge is -2.34. The van der Waals surface area contributed by atoms with Gasteiger partial charge in [0.2, 0.25) is 5.91 Å². The minimum atomic E-state index is -0.936. The van der Waals surface area contributed by atoms with Gasteiger partial charge in [-0.15, -0.1) is 0 Å². The van der Waals surface area contributed by atoms with Crippen molar-refractivity contribution in [3.05, 3.63) is 12.7 Å². The van der Waals surface area contributed by atoms with Crippen LogP contribution in [0.2, 0.25) is 0 Å². The molecule has 1 N–H and O–H groups in total. The van der Waals surface area contributed by atoms with Crippen LogP contribution in [-0.4, -0.2) is 49.2 Å². The molecule has 0 aliphatic carbocycles. The minimum Gasteiger partial charge on any atom is -0.480 e. The summed E-state index contributed by atoms with van der Waals surface area (Å²) in [6.07, 6.45) is 5.03. The van der Waals surface area contributed by atoms with E-state index in [4.69, 9.17) is 5.11 Å². The molecule has 2 heterocycles. The zero-order valence-corrected chi connectivity index (χ0v) is 10.2. The second kappa shape index (κ2) is 5.16. The Kier molecular flexibility index (Phi) is 3.59. The van der Waals surface area contributed by atoms with Crippen molar-refractivity contribution in [1.29, 1.82) is 0 Å². The van der Waals surface area contributed by atoms with E-state index in [1.807, 2.05) is 0 Å². The largest absolute Gasteiger partial charge is 0.480 e. The Morgan fingerprint density at radius 3 is 2.83 bits per heavy atom. The molecule has 98 valence electrons. The molecule has 1 aromatic rings. The van der Waals surface area contributed by atoms with E-state index < -0.39 is 18.1 Å². The number of hydrogen-bond acceptors (Lipinski definition) is 4. The number of carboxylic acids is 1. The third kappa shape index (κ3) is 2.34. The normalized spacial score (nSPS) is 21.6. The molecular weight excluding hydrogens is 236 g/mol. The Hall–Kier alpha value is -1.92. The van der Waals surface area contributed by atoms with Gasteiger partial charge in [-0.25, -0.2) is 14.5 Å². The average molecular weight is 252 g/mol. The van der Waals surface area contributed by atoms with Gasteiger partial charge < -0.3 is 10.0 Å². The quantitative estimate of drug-likeness (QED) is 0.836. The topological polar surface area (TPSA) is 88.3 Å². The number of nitrogens with zero attached hydrogens (tertiary/aromatic N) is 4. The van der Waals surface area contributed by atoms with Crippen molar-refractivity contribution in [2.24, 2.45) is 0 Å². The molecule has 18 heavy (non-hydrogen) atoms. The molecule has 2 atom stereocenters. The lowest BCUT2D eigenvalue weighted by Crippen LogP contribution is -2.50. The SMILES string of the molecule is C[C@H](C(=O)N1CCCC[C@@H]1C(=O)O)n1cncn1.